The molecule has 168 valence electrons. The molecule has 3 rings (SSSR count). The van der Waals surface area contributed by atoms with Gasteiger partial charge in [-0.1, -0.05) is 19.9 Å². The number of aromatic nitrogens is 1. The van der Waals surface area contributed by atoms with Gasteiger partial charge in [0.15, 0.2) is 11.8 Å². The highest BCUT2D eigenvalue weighted by atomic mass is 19.4. The highest BCUT2D eigenvalue weighted by Crippen LogP contribution is 2.43. The molecule has 1 aliphatic rings. The maximum atomic E-state index is 13.8. The van der Waals surface area contributed by atoms with Crippen molar-refractivity contribution in [2.75, 3.05) is 33.3 Å². The number of nitrogens with two attached hydrogens (primary N) is 2. The van der Waals surface area contributed by atoms with E-state index in [0.29, 0.717) is 12.1 Å². The lowest BCUT2D eigenvalue weighted by Gasteiger charge is -2.30. The maximum Gasteiger partial charge on any atom is 0.417 e. The normalized spacial score (nSPS) is 16.3. The quantitative estimate of drug-likeness (QED) is 0.692. The Hall–Kier alpha value is -2.85. The Morgan fingerprint density at radius 3 is 2.52 bits per heavy atom. The lowest BCUT2D eigenvalue weighted by atomic mass is 10.0. The van der Waals surface area contributed by atoms with E-state index in [1.54, 1.807) is 18.0 Å². The molecule has 0 saturated carbocycles. The largest absolute Gasteiger partial charge is 0.492 e. The number of fused-ring (bicyclic) bond motifs is 1. The molecule has 0 amide bonds. The summed E-state index contributed by atoms with van der Waals surface area (Å²) in [7, 11) is 1.68. The van der Waals surface area contributed by atoms with Crippen LogP contribution in [0.4, 0.5) is 19.0 Å². The van der Waals surface area contributed by atoms with Crippen molar-refractivity contribution < 1.29 is 17.9 Å². The first-order chi connectivity index (χ1) is 14.7. The van der Waals surface area contributed by atoms with Gasteiger partial charge in [0.05, 0.1) is 16.8 Å². The van der Waals surface area contributed by atoms with Gasteiger partial charge in [-0.3, -0.25) is 0 Å². The molecule has 0 fully saturated rings. The predicted octanol–water partition coefficient (Wildman–Crippen LogP) is 3.34. The zero-order valence-electron chi connectivity index (χ0n) is 17.8. The van der Waals surface area contributed by atoms with Gasteiger partial charge in [-0.2, -0.15) is 18.2 Å². The number of benzene rings is 1. The number of likely N-dealkylation sites (N-methyl/N-ethyl adjacent to an activating group) is 1. The van der Waals surface area contributed by atoms with Crippen molar-refractivity contribution in [1.29, 1.82) is 0 Å². The van der Waals surface area contributed by atoms with Crippen molar-refractivity contribution in [3.8, 4) is 17.0 Å². The summed E-state index contributed by atoms with van der Waals surface area (Å²) < 4.78 is 47.3. The fourth-order valence-corrected chi connectivity index (χ4v) is 3.43. The molecule has 1 aliphatic heterocycles. The molecule has 0 spiro atoms. The van der Waals surface area contributed by atoms with Crippen LogP contribution in [0.25, 0.3) is 11.3 Å². The van der Waals surface area contributed by atoms with E-state index in [1.165, 1.54) is 18.2 Å². The summed E-state index contributed by atoms with van der Waals surface area (Å²) in [6.07, 6.45) is -5.17. The van der Waals surface area contributed by atoms with Crippen LogP contribution in [-0.2, 0) is 6.18 Å². The zero-order chi connectivity index (χ0) is 22.8. The Kier molecular flexibility index (Phi) is 6.71. The highest BCUT2D eigenvalue weighted by Gasteiger charge is 2.36. The number of halogens is 3. The predicted molar refractivity (Wildman–Crippen MR) is 114 cm³/mol. The van der Waals surface area contributed by atoms with Crippen LogP contribution in [0, 0.1) is 0 Å². The molecule has 0 bridgehead atoms. The molecule has 1 aromatic heterocycles. The molecule has 1 aromatic carbocycles. The molecule has 0 aliphatic carbocycles. The SMILES string of the molecule is CCN(CC)CCOc1cccc(C(F)(F)F)c1-c1ccc2c(n1)N=C(N)N(C)C2N. The third kappa shape index (κ3) is 4.75. The first-order valence-corrected chi connectivity index (χ1v) is 10.1. The van der Waals surface area contributed by atoms with Crippen LogP contribution in [0.2, 0.25) is 0 Å². The number of hydrogen-bond donors (Lipinski definition) is 2. The number of guanidine groups is 1. The van der Waals surface area contributed by atoms with E-state index in [1.807, 2.05) is 13.8 Å². The number of alkyl halides is 3. The van der Waals surface area contributed by atoms with Crippen LogP contribution >= 0.6 is 0 Å². The molecule has 7 nitrogen and oxygen atoms in total. The van der Waals surface area contributed by atoms with Crippen molar-refractivity contribution in [3.63, 3.8) is 0 Å². The van der Waals surface area contributed by atoms with Crippen molar-refractivity contribution in [2.24, 2.45) is 16.5 Å². The van der Waals surface area contributed by atoms with Crippen LogP contribution in [0.15, 0.2) is 35.3 Å². The van der Waals surface area contributed by atoms with Gasteiger partial charge in [-0.05, 0) is 37.4 Å². The molecule has 0 saturated heterocycles. The molecule has 2 heterocycles. The fourth-order valence-electron chi connectivity index (χ4n) is 3.43. The number of ether oxygens (including phenoxy) is 1. The molecule has 0 radical (unpaired) electrons. The Morgan fingerprint density at radius 1 is 1.16 bits per heavy atom. The smallest absolute Gasteiger partial charge is 0.417 e. The average Bonchev–Trinajstić information content (AvgIpc) is 2.74. The van der Waals surface area contributed by atoms with Gasteiger partial charge in [-0.15, -0.1) is 0 Å². The summed E-state index contributed by atoms with van der Waals surface area (Å²) in [5.74, 6) is 0.458. The summed E-state index contributed by atoms with van der Waals surface area (Å²) in [6.45, 7) is 6.55. The van der Waals surface area contributed by atoms with E-state index in [9.17, 15) is 13.2 Å². The zero-order valence-corrected chi connectivity index (χ0v) is 17.8. The Labute approximate surface area is 179 Å². The number of aliphatic imine (C=N–C) groups is 1. The minimum atomic E-state index is -4.58. The first-order valence-electron chi connectivity index (χ1n) is 10.1. The first kappa shape index (κ1) is 22.8. The topological polar surface area (TPSA) is 93.0 Å². The molecule has 10 heteroatoms. The second kappa shape index (κ2) is 9.11. The van der Waals surface area contributed by atoms with Crippen LogP contribution < -0.4 is 16.2 Å². The van der Waals surface area contributed by atoms with E-state index in [-0.39, 0.29) is 35.4 Å². The molecule has 1 unspecified atom stereocenters. The number of pyridine rings is 1. The Bertz CT molecular complexity index is 959. The van der Waals surface area contributed by atoms with Crippen molar-refractivity contribution in [2.45, 2.75) is 26.2 Å². The summed E-state index contributed by atoms with van der Waals surface area (Å²) >= 11 is 0. The van der Waals surface area contributed by atoms with E-state index < -0.39 is 17.9 Å². The van der Waals surface area contributed by atoms with E-state index in [2.05, 4.69) is 14.9 Å². The second-order valence-corrected chi connectivity index (χ2v) is 7.19. The second-order valence-electron chi connectivity index (χ2n) is 7.19. The third-order valence-electron chi connectivity index (χ3n) is 5.37. The van der Waals surface area contributed by atoms with Crippen molar-refractivity contribution in [3.05, 3.63) is 41.5 Å². The molecule has 1 atom stereocenters. The molecular weight excluding hydrogens is 409 g/mol. The fraction of sp³-hybridized carbons (Fsp3) is 0.429. The van der Waals surface area contributed by atoms with Gasteiger partial charge >= 0.3 is 6.18 Å². The van der Waals surface area contributed by atoms with E-state index in [4.69, 9.17) is 16.2 Å². The number of hydrogen-bond acceptors (Lipinski definition) is 7. The average molecular weight is 436 g/mol. The van der Waals surface area contributed by atoms with Gasteiger partial charge in [-0.25, -0.2) is 4.98 Å². The van der Waals surface area contributed by atoms with Gasteiger partial charge in [0.1, 0.15) is 18.5 Å². The minimum absolute atomic E-state index is 0.0952. The van der Waals surface area contributed by atoms with Crippen LogP contribution in [0.1, 0.15) is 31.1 Å². The minimum Gasteiger partial charge on any atom is -0.492 e. The number of nitrogens with zero attached hydrogens (tertiary/aromatic N) is 4. The van der Waals surface area contributed by atoms with Gasteiger partial charge in [0.25, 0.3) is 0 Å². The summed E-state index contributed by atoms with van der Waals surface area (Å²) in [5, 5.41) is 0. The van der Waals surface area contributed by atoms with Crippen molar-refractivity contribution in [1.82, 2.24) is 14.8 Å². The van der Waals surface area contributed by atoms with E-state index >= 15 is 0 Å². The summed E-state index contributed by atoms with van der Waals surface area (Å²) in [4.78, 5) is 12.2. The van der Waals surface area contributed by atoms with Gasteiger partial charge < -0.3 is 26.0 Å². The standard InChI is InChI=1S/C21H27F3N6O/c1-4-30(5-2)11-12-31-16-8-6-7-14(21(22,23)24)17(16)15-10-9-13-18(25)29(3)20(26)28-19(13)27-15/h6-10,18H,4-5,11-12,25H2,1-3H3,(H2,26,27,28). The summed E-state index contributed by atoms with van der Waals surface area (Å²) in [5.41, 5.74) is 11.7. The molecular formula is C21H27F3N6O. The summed E-state index contributed by atoms with van der Waals surface area (Å²) in [6, 6.07) is 7.00. The lowest BCUT2D eigenvalue weighted by Crippen LogP contribution is -2.43. The van der Waals surface area contributed by atoms with Gasteiger partial charge in [0, 0.05) is 19.2 Å². The Morgan fingerprint density at radius 2 is 1.87 bits per heavy atom. The third-order valence-corrected chi connectivity index (χ3v) is 5.37. The Balaban J connectivity index is 2.05. The van der Waals surface area contributed by atoms with E-state index in [0.717, 1.165) is 19.2 Å². The molecule has 2 aromatic rings. The van der Waals surface area contributed by atoms with Crippen LogP contribution in [-0.4, -0.2) is 54.0 Å². The lowest BCUT2D eigenvalue weighted by molar-refractivity contribution is -0.137. The van der Waals surface area contributed by atoms with Gasteiger partial charge in [0.2, 0.25) is 0 Å². The van der Waals surface area contributed by atoms with Crippen LogP contribution in [0.3, 0.4) is 0 Å². The molecule has 4 N–H and O–H groups in total. The van der Waals surface area contributed by atoms with Crippen LogP contribution in [0.5, 0.6) is 5.75 Å². The molecule has 31 heavy (non-hydrogen) atoms. The monoisotopic (exact) mass is 436 g/mol. The van der Waals surface area contributed by atoms with Crippen molar-refractivity contribution >= 4 is 11.8 Å². The maximum absolute atomic E-state index is 13.8. The highest BCUT2D eigenvalue weighted by molar-refractivity contribution is 5.84. The number of rotatable bonds is 7.